The minimum absolute atomic E-state index is 0.0978. The second kappa shape index (κ2) is 7.36. The maximum absolute atomic E-state index is 12.3. The summed E-state index contributed by atoms with van der Waals surface area (Å²) in [6.45, 7) is 3.46. The zero-order chi connectivity index (χ0) is 17.1. The summed E-state index contributed by atoms with van der Waals surface area (Å²) in [5.41, 5.74) is 1.32. The number of nitrogens with one attached hydrogen (secondary N) is 1. The molecule has 0 spiro atoms. The van der Waals surface area contributed by atoms with Gasteiger partial charge in [0.15, 0.2) is 0 Å². The van der Waals surface area contributed by atoms with Gasteiger partial charge < -0.3 is 19.4 Å². The smallest absolute Gasteiger partial charge is 0.354 e. The zero-order valence-corrected chi connectivity index (χ0v) is 14.8. The van der Waals surface area contributed by atoms with E-state index < -0.39 is 5.97 Å². The van der Waals surface area contributed by atoms with Gasteiger partial charge in [0.2, 0.25) is 5.91 Å². The highest BCUT2D eigenvalue weighted by molar-refractivity contribution is 7.19. The number of nitrogens with zero attached hydrogens (tertiary/aromatic N) is 1. The first-order valence-electron chi connectivity index (χ1n) is 8.21. The molecule has 2 aromatic heterocycles. The molecule has 130 valence electrons. The van der Waals surface area contributed by atoms with Gasteiger partial charge in [-0.05, 0) is 31.4 Å². The number of fused-ring (bicyclic) bond motifs is 1. The van der Waals surface area contributed by atoms with Crippen molar-refractivity contribution < 1.29 is 19.1 Å². The number of hydrogen-bond donors (Lipinski definition) is 1. The Kier molecular flexibility index (Phi) is 5.20. The first kappa shape index (κ1) is 17.0. The van der Waals surface area contributed by atoms with Gasteiger partial charge in [-0.1, -0.05) is 6.92 Å². The Morgan fingerprint density at radius 2 is 2.29 bits per heavy atom. The molecule has 6 nitrogen and oxygen atoms in total. The van der Waals surface area contributed by atoms with Crippen molar-refractivity contribution in [3.63, 3.8) is 0 Å². The van der Waals surface area contributed by atoms with E-state index in [-0.39, 0.29) is 18.6 Å². The molecule has 1 aliphatic heterocycles. The van der Waals surface area contributed by atoms with Crippen molar-refractivity contribution in [2.45, 2.75) is 38.8 Å². The summed E-state index contributed by atoms with van der Waals surface area (Å²) in [4.78, 5) is 25.6. The number of rotatable bonds is 6. The average Bonchev–Trinajstić information content (AvgIpc) is 3.29. The molecule has 1 fully saturated rings. The fourth-order valence-electron chi connectivity index (χ4n) is 2.94. The number of amides is 1. The molecule has 0 aliphatic carbocycles. The van der Waals surface area contributed by atoms with Crippen molar-refractivity contribution in [2.75, 3.05) is 20.3 Å². The second-order valence-electron chi connectivity index (χ2n) is 5.86. The predicted octanol–water partition coefficient (Wildman–Crippen LogP) is 2.35. The molecule has 1 saturated heterocycles. The number of carbonyl (C=O) groups is 2. The minimum Gasteiger partial charge on any atom is -0.464 e. The van der Waals surface area contributed by atoms with E-state index in [1.54, 1.807) is 22.0 Å². The van der Waals surface area contributed by atoms with Crippen LogP contribution in [-0.2, 0) is 27.2 Å². The van der Waals surface area contributed by atoms with E-state index in [1.165, 1.54) is 12.0 Å². The largest absolute Gasteiger partial charge is 0.464 e. The highest BCUT2D eigenvalue weighted by Gasteiger charge is 2.21. The van der Waals surface area contributed by atoms with Crippen LogP contribution in [0.4, 0.5) is 0 Å². The number of thiophene rings is 1. The molecule has 0 aromatic carbocycles. The van der Waals surface area contributed by atoms with Crippen molar-refractivity contribution in [3.8, 4) is 0 Å². The molecular formula is C17H22N2O4S. The molecule has 1 N–H and O–H groups in total. The molecule has 3 heterocycles. The summed E-state index contributed by atoms with van der Waals surface area (Å²) in [7, 11) is 1.35. The van der Waals surface area contributed by atoms with E-state index in [0.717, 1.165) is 36.1 Å². The summed E-state index contributed by atoms with van der Waals surface area (Å²) in [6, 6.07) is 3.85. The van der Waals surface area contributed by atoms with Gasteiger partial charge in [0.25, 0.3) is 0 Å². The van der Waals surface area contributed by atoms with Crippen LogP contribution in [0.1, 0.15) is 35.1 Å². The van der Waals surface area contributed by atoms with Gasteiger partial charge in [-0.3, -0.25) is 4.79 Å². The third-order valence-electron chi connectivity index (χ3n) is 4.24. The number of carbonyl (C=O) groups excluding carboxylic acids is 2. The first-order chi connectivity index (χ1) is 11.6. The van der Waals surface area contributed by atoms with Crippen LogP contribution in [0.25, 0.3) is 10.2 Å². The molecule has 1 aliphatic rings. The maximum atomic E-state index is 12.3. The van der Waals surface area contributed by atoms with Crippen LogP contribution in [0.5, 0.6) is 0 Å². The van der Waals surface area contributed by atoms with Gasteiger partial charge in [-0.25, -0.2) is 4.79 Å². The van der Waals surface area contributed by atoms with E-state index in [0.29, 0.717) is 12.2 Å². The first-order valence-corrected chi connectivity index (χ1v) is 9.02. The molecular weight excluding hydrogens is 328 g/mol. The standard InChI is InChI=1S/C17H22N2O4S/c1-3-12-7-13-15(24-12)8-14(17(21)22-2)19(13)10-16(20)18-9-11-5-4-6-23-11/h7-8,11H,3-6,9-10H2,1-2H3,(H,18,20). The summed E-state index contributed by atoms with van der Waals surface area (Å²) < 4.78 is 13.1. The van der Waals surface area contributed by atoms with Gasteiger partial charge in [-0.2, -0.15) is 0 Å². The summed E-state index contributed by atoms with van der Waals surface area (Å²) in [6.07, 6.45) is 3.05. The lowest BCUT2D eigenvalue weighted by Gasteiger charge is -2.12. The Hall–Kier alpha value is -1.86. The molecule has 1 amide bonds. The van der Waals surface area contributed by atoms with E-state index in [4.69, 9.17) is 9.47 Å². The number of esters is 1. The van der Waals surface area contributed by atoms with Crippen LogP contribution in [0.15, 0.2) is 12.1 Å². The molecule has 7 heteroatoms. The molecule has 0 bridgehead atoms. The van der Waals surface area contributed by atoms with E-state index in [1.807, 2.05) is 6.07 Å². The SMILES string of the molecule is CCc1cc2c(cc(C(=O)OC)n2CC(=O)NCC2CCCO2)s1. The van der Waals surface area contributed by atoms with Crippen LogP contribution in [0, 0.1) is 0 Å². The van der Waals surface area contributed by atoms with E-state index >= 15 is 0 Å². The van der Waals surface area contributed by atoms with Crippen molar-refractivity contribution in [3.05, 3.63) is 22.7 Å². The van der Waals surface area contributed by atoms with E-state index in [9.17, 15) is 9.59 Å². The Morgan fingerprint density at radius 3 is 2.96 bits per heavy atom. The van der Waals surface area contributed by atoms with Crippen LogP contribution in [0.2, 0.25) is 0 Å². The Bertz CT molecular complexity index is 743. The minimum atomic E-state index is -0.427. The summed E-state index contributed by atoms with van der Waals surface area (Å²) in [5.74, 6) is -0.555. The summed E-state index contributed by atoms with van der Waals surface area (Å²) >= 11 is 1.64. The molecule has 3 rings (SSSR count). The van der Waals surface area contributed by atoms with Crippen LogP contribution < -0.4 is 5.32 Å². The lowest BCUT2D eigenvalue weighted by atomic mass is 10.2. The Morgan fingerprint density at radius 1 is 1.46 bits per heavy atom. The van der Waals surface area contributed by atoms with Gasteiger partial charge in [0.1, 0.15) is 12.2 Å². The number of aromatic nitrogens is 1. The predicted molar refractivity (Wildman–Crippen MR) is 92.5 cm³/mol. The van der Waals surface area contributed by atoms with Crippen molar-refractivity contribution >= 4 is 33.4 Å². The topological polar surface area (TPSA) is 69.6 Å². The van der Waals surface area contributed by atoms with Gasteiger partial charge >= 0.3 is 5.97 Å². The number of methoxy groups -OCH3 is 1. The molecule has 2 aromatic rings. The quantitative estimate of drug-likeness (QED) is 0.812. The third kappa shape index (κ3) is 3.47. The monoisotopic (exact) mass is 350 g/mol. The number of hydrogen-bond acceptors (Lipinski definition) is 5. The van der Waals surface area contributed by atoms with E-state index in [2.05, 4.69) is 12.2 Å². The normalized spacial score (nSPS) is 17.3. The lowest BCUT2D eigenvalue weighted by molar-refractivity contribution is -0.122. The van der Waals surface area contributed by atoms with Crippen molar-refractivity contribution in [2.24, 2.45) is 0 Å². The maximum Gasteiger partial charge on any atom is 0.354 e. The fourth-order valence-corrected chi connectivity index (χ4v) is 3.99. The van der Waals surface area contributed by atoms with Crippen LogP contribution >= 0.6 is 11.3 Å². The van der Waals surface area contributed by atoms with Gasteiger partial charge in [-0.15, -0.1) is 11.3 Å². The number of aryl methyl sites for hydroxylation is 1. The van der Waals surface area contributed by atoms with Crippen LogP contribution in [-0.4, -0.2) is 42.8 Å². The lowest BCUT2D eigenvalue weighted by Crippen LogP contribution is -2.34. The molecule has 1 unspecified atom stereocenters. The molecule has 1 atom stereocenters. The summed E-state index contributed by atoms with van der Waals surface area (Å²) in [5, 5.41) is 2.90. The Labute approximate surface area is 144 Å². The zero-order valence-electron chi connectivity index (χ0n) is 14.0. The number of ether oxygens (including phenoxy) is 2. The highest BCUT2D eigenvalue weighted by Crippen LogP contribution is 2.29. The molecule has 24 heavy (non-hydrogen) atoms. The fraction of sp³-hybridized carbons (Fsp3) is 0.529. The van der Waals surface area contributed by atoms with Crippen molar-refractivity contribution in [1.82, 2.24) is 9.88 Å². The highest BCUT2D eigenvalue weighted by atomic mass is 32.1. The average molecular weight is 350 g/mol. The van der Waals surface area contributed by atoms with Crippen LogP contribution in [0.3, 0.4) is 0 Å². The van der Waals surface area contributed by atoms with Crippen molar-refractivity contribution in [1.29, 1.82) is 0 Å². The van der Waals surface area contributed by atoms with Gasteiger partial charge in [0.05, 0.1) is 23.4 Å². The molecule has 0 saturated carbocycles. The molecule has 0 radical (unpaired) electrons. The third-order valence-corrected chi connectivity index (χ3v) is 5.45. The Balaban J connectivity index is 1.78. The second-order valence-corrected chi connectivity index (χ2v) is 7.03. The van der Waals surface area contributed by atoms with Gasteiger partial charge in [0, 0.05) is 18.0 Å².